The molecule has 0 unspecified atom stereocenters. The summed E-state index contributed by atoms with van der Waals surface area (Å²) in [6.07, 6.45) is 7.14. The molecule has 1 heterocycles. The van der Waals surface area contributed by atoms with Gasteiger partial charge in [0.15, 0.2) is 0 Å². The molecule has 0 spiro atoms. The normalized spacial score (nSPS) is 16.8. The minimum Gasteiger partial charge on any atom is -0.397 e. The first-order chi connectivity index (χ1) is 10.2. The lowest BCUT2D eigenvalue weighted by atomic mass is 10.1. The van der Waals surface area contributed by atoms with E-state index in [1.54, 1.807) is 0 Å². The number of carbonyl (C=O) groups is 1. The van der Waals surface area contributed by atoms with Crippen molar-refractivity contribution in [3.63, 3.8) is 0 Å². The molecule has 21 heavy (non-hydrogen) atoms. The zero-order valence-electron chi connectivity index (χ0n) is 11.8. The Morgan fingerprint density at radius 2 is 1.95 bits per heavy atom. The lowest BCUT2D eigenvalue weighted by molar-refractivity contribution is 0.0938. The van der Waals surface area contributed by atoms with Crippen molar-refractivity contribution in [3.8, 4) is 0 Å². The van der Waals surface area contributed by atoms with E-state index in [2.05, 4.69) is 21.2 Å². The fraction of sp³-hybridized carbons (Fsp3) is 0.438. The second kappa shape index (κ2) is 6.36. The summed E-state index contributed by atoms with van der Waals surface area (Å²) in [7, 11) is 0. The fourth-order valence-corrected chi connectivity index (χ4v) is 4.74. The predicted octanol–water partition coefficient (Wildman–Crippen LogP) is 4.70. The van der Waals surface area contributed by atoms with E-state index in [0.717, 1.165) is 27.4 Å². The van der Waals surface area contributed by atoms with Crippen LogP contribution >= 0.6 is 27.3 Å². The monoisotopic (exact) mass is 366 g/mol. The fourth-order valence-electron chi connectivity index (χ4n) is 2.97. The maximum atomic E-state index is 12.5. The molecular weight excluding hydrogens is 348 g/mol. The van der Waals surface area contributed by atoms with E-state index in [0.29, 0.717) is 16.6 Å². The van der Waals surface area contributed by atoms with Crippen LogP contribution in [0, 0.1) is 0 Å². The Hall–Kier alpha value is -1.07. The summed E-state index contributed by atoms with van der Waals surface area (Å²) < 4.78 is 2.00. The van der Waals surface area contributed by atoms with Crippen LogP contribution in [0.2, 0.25) is 0 Å². The molecule has 1 aromatic carbocycles. The number of rotatable bonds is 2. The minimum atomic E-state index is -0.0208. The number of anilines is 1. The molecule has 0 radical (unpaired) electrons. The van der Waals surface area contributed by atoms with Gasteiger partial charge in [0.05, 0.1) is 5.69 Å². The summed E-state index contributed by atoms with van der Waals surface area (Å²) in [5, 5.41) is 4.12. The highest BCUT2D eigenvalue weighted by Crippen LogP contribution is 2.38. The number of nitrogen functional groups attached to an aromatic ring is 1. The third-order valence-electron chi connectivity index (χ3n) is 4.10. The molecule has 0 bridgehead atoms. The number of halogens is 1. The van der Waals surface area contributed by atoms with Gasteiger partial charge in [-0.1, -0.05) is 47.7 Å². The molecule has 0 atom stereocenters. The number of nitrogens with one attached hydrogen (secondary N) is 1. The first kappa shape index (κ1) is 14.9. The van der Waals surface area contributed by atoms with Crippen molar-refractivity contribution >= 4 is 48.9 Å². The summed E-state index contributed by atoms with van der Waals surface area (Å²) in [6, 6.07) is 6.23. The van der Waals surface area contributed by atoms with Crippen molar-refractivity contribution in [2.45, 2.75) is 44.6 Å². The minimum absolute atomic E-state index is 0.0208. The van der Waals surface area contributed by atoms with Gasteiger partial charge in [0.1, 0.15) is 4.88 Å². The van der Waals surface area contributed by atoms with Crippen LogP contribution in [0.1, 0.15) is 48.2 Å². The van der Waals surface area contributed by atoms with Crippen LogP contribution in [0.5, 0.6) is 0 Å². The maximum Gasteiger partial charge on any atom is 0.263 e. The maximum absolute atomic E-state index is 12.5. The van der Waals surface area contributed by atoms with Gasteiger partial charge in [0.2, 0.25) is 0 Å². The van der Waals surface area contributed by atoms with Crippen molar-refractivity contribution < 1.29 is 4.79 Å². The van der Waals surface area contributed by atoms with Gasteiger partial charge in [-0.15, -0.1) is 11.3 Å². The number of hydrogen-bond acceptors (Lipinski definition) is 3. The number of amides is 1. The highest BCUT2D eigenvalue weighted by molar-refractivity contribution is 9.10. The molecule has 3 N–H and O–H groups in total. The molecule has 3 rings (SSSR count). The van der Waals surface area contributed by atoms with Gasteiger partial charge in [0.25, 0.3) is 5.91 Å². The van der Waals surface area contributed by atoms with E-state index < -0.39 is 0 Å². The summed E-state index contributed by atoms with van der Waals surface area (Å²) in [6.45, 7) is 0. The molecule has 1 saturated carbocycles. The third kappa shape index (κ3) is 3.09. The number of nitrogens with two attached hydrogens (primary N) is 1. The standard InChI is InChI=1S/C16H19BrN2OS/c17-11-8-5-9-12-13(11)14(18)15(21-12)16(20)19-10-6-3-1-2-4-7-10/h5,8-10H,1-4,6-7,18H2,(H,19,20). The second-order valence-corrected chi connectivity index (χ2v) is 7.53. The summed E-state index contributed by atoms with van der Waals surface area (Å²) >= 11 is 4.99. The van der Waals surface area contributed by atoms with E-state index in [1.807, 2.05) is 18.2 Å². The number of benzene rings is 1. The third-order valence-corrected chi connectivity index (χ3v) is 5.93. The summed E-state index contributed by atoms with van der Waals surface area (Å²) in [5.41, 5.74) is 6.79. The van der Waals surface area contributed by atoms with Gasteiger partial charge in [-0.25, -0.2) is 0 Å². The number of carbonyl (C=O) groups excluding carboxylic acids is 1. The van der Waals surface area contributed by atoms with E-state index in [-0.39, 0.29) is 5.91 Å². The first-order valence-corrected chi connectivity index (χ1v) is 9.05. The Bertz CT molecular complexity index is 660. The quantitative estimate of drug-likeness (QED) is 0.756. The zero-order valence-corrected chi connectivity index (χ0v) is 14.2. The van der Waals surface area contributed by atoms with Crippen molar-refractivity contribution in [3.05, 3.63) is 27.5 Å². The van der Waals surface area contributed by atoms with Crippen molar-refractivity contribution in [2.75, 3.05) is 5.73 Å². The summed E-state index contributed by atoms with van der Waals surface area (Å²) in [4.78, 5) is 13.2. The zero-order chi connectivity index (χ0) is 14.8. The van der Waals surface area contributed by atoms with E-state index in [1.165, 1.54) is 37.0 Å². The Kier molecular flexibility index (Phi) is 4.50. The van der Waals surface area contributed by atoms with Gasteiger partial charge in [-0.05, 0) is 25.0 Å². The average molecular weight is 367 g/mol. The number of thiophene rings is 1. The highest BCUT2D eigenvalue weighted by Gasteiger charge is 2.21. The molecule has 112 valence electrons. The van der Waals surface area contributed by atoms with Crippen LogP contribution in [-0.2, 0) is 0 Å². The molecule has 0 aliphatic heterocycles. The largest absolute Gasteiger partial charge is 0.397 e. The molecule has 1 fully saturated rings. The molecule has 0 saturated heterocycles. The average Bonchev–Trinajstić information content (AvgIpc) is 2.64. The van der Waals surface area contributed by atoms with Crippen LogP contribution < -0.4 is 11.1 Å². The van der Waals surface area contributed by atoms with Crippen LogP contribution in [-0.4, -0.2) is 11.9 Å². The van der Waals surface area contributed by atoms with Crippen LogP contribution in [0.4, 0.5) is 5.69 Å². The Labute approximate surface area is 137 Å². The van der Waals surface area contributed by atoms with Gasteiger partial charge in [-0.3, -0.25) is 4.79 Å². The lowest BCUT2D eigenvalue weighted by Crippen LogP contribution is -2.34. The number of fused-ring (bicyclic) bond motifs is 1. The van der Waals surface area contributed by atoms with Crippen LogP contribution in [0.3, 0.4) is 0 Å². The molecule has 3 nitrogen and oxygen atoms in total. The molecule has 5 heteroatoms. The first-order valence-electron chi connectivity index (χ1n) is 7.44. The van der Waals surface area contributed by atoms with Gasteiger partial charge >= 0.3 is 0 Å². The SMILES string of the molecule is Nc1c(C(=O)NC2CCCCCC2)sc2cccc(Br)c12. The van der Waals surface area contributed by atoms with E-state index >= 15 is 0 Å². The van der Waals surface area contributed by atoms with Crippen LogP contribution in [0.15, 0.2) is 22.7 Å². The van der Waals surface area contributed by atoms with E-state index in [4.69, 9.17) is 5.73 Å². The topological polar surface area (TPSA) is 55.1 Å². The Morgan fingerprint density at radius 1 is 1.24 bits per heavy atom. The summed E-state index contributed by atoms with van der Waals surface area (Å²) in [5.74, 6) is -0.0208. The van der Waals surface area contributed by atoms with Gasteiger partial charge in [-0.2, -0.15) is 0 Å². The lowest BCUT2D eigenvalue weighted by Gasteiger charge is -2.15. The second-order valence-electron chi connectivity index (χ2n) is 5.62. The smallest absolute Gasteiger partial charge is 0.263 e. The van der Waals surface area contributed by atoms with Crippen LogP contribution in [0.25, 0.3) is 10.1 Å². The van der Waals surface area contributed by atoms with Crippen molar-refractivity contribution in [1.82, 2.24) is 5.32 Å². The predicted molar refractivity (Wildman–Crippen MR) is 92.9 cm³/mol. The molecule has 2 aromatic rings. The molecular formula is C16H19BrN2OS. The Balaban J connectivity index is 1.84. The van der Waals surface area contributed by atoms with Crippen molar-refractivity contribution in [1.29, 1.82) is 0 Å². The van der Waals surface area contributed by atoms with Crippen molar-refractivity contribution in [2.24, 2.45) is 0 Å². The molecule has 1 aliphatic carbocycles. The van der Waals surface area contributed by atoms with E-state index in [9.17, 15) is 4.79 Å². The number of hydrogen-bond donors (Lipinski definition) is 2. The molecule has 1 aromatic heterocycles. The Morgan fingerprint density at radius 3 is 2.62 bits per heavy atom. The molecule has 1 amide bonds. The highest BCUT2D eigenvalue weighted by atomic mass is 79.9. The van der Waals surface area contributed by atoms with Gasteiger partial charge < -0.3 is 11.1 Å². The molecule has 1 aliphatic rings. The van der Waals surface area contributed by atoms with Gasteiger partial charge in [0, 0.05) is 20.6 Å².